The van der Waals surface area contributed by atoms with Gasteiger partial charge in [-0.1, -0.05) is 6.07 Å². The SMILES string of the molecule is O=C(NC1CCOC1)c1cccc([N+](=O)[O-])c1Br. The minimum absolute atomic E-state index is 0.0244. The third kappa shape index (κ3) is 2.68. The number of amides is 1. The van der Waals surface area contributed by atoms with Gasteiger partial charge in [-0.2, -0.15) is 0 Å². The van der Waals surface area contributed by atoms with Crippen LogP contribution in [0.1, 0.15) is 16.8 Å². The van der Waals surface area contributed by atoms with Crippen LogP contribution in [-0.2, 0) is 4.74 Å². The lowest BCUT2D eigenvalue weighted by molar-refractivity contribution is -0.385. The second kappa shape index (κ2) is 5.45. The molecule has 0 aliphatic carbocycles. The van der Waals surface area contributed by atoms with Crippen molar-refractivity contribution < 1.29 is 14.5 Å². The smallest absolute Gasteiger partial charge is 0.284 e. The number of benzene rings is 1. The van der Waals surface area contributed by atoms with Gasteiger partial charge in [0.25, 0.3) is 11.6 Å². The van der Waals surface area contributed by atoms with Gasteiger partial charge < -0.3 is 10.1 Å². The summed E-state index contributed by atoms with van der Waals surface area (Å²) >= 11 is 3.10. The third-order valence-corrected chi connectivity index (χ3v) is 3.52. The molecular weight excluding hydrogens is 304 g/mol. The molecule has 2 rings (SSSR count). The Kier molecular flexibility index (Phi) is 3.93. The highest BCUT2D eigenvalue weighted by Crippen LogP contribution is 2.28. The molecule has 1 amide bonds. The molecule has 18 heavy (non-hydrogen) atoms. The predicted octanol–water partition coefficient (Wildman–Crippen LogP) is 1.88. The number of carbonyl (C=O) groups excluding carboxylic acids is 1. The van der Waals surface area contributed by atoms with Crippen molar-refractivity contribution in [2.75, 3.05) is 13.2 Å². The number of nitrogens with one attached hydrogen (secondary N) is 1. The molecule has 0 spiro atoms. The molecule has 1 aliphatic heterocycles. The Morgan fingerprint density at radius 2 is 2.33 bits per heavy atom. The van der Waals surface area contributed by atoms with Crippen LogP contribution in [0.4, 0.5) is 5.69 Å². The Morgan fingerprint density at radius 1 is 1.56 bits per heavy atom. The highest BCUT2D eigenvalue weighted by Gasteiger charge is 2.23. The summed E-state index contributed by atoms with van der Waals surface area (Å²) in [6.45, 7) is 1.11. The molecule has 7 heteroatoms. The van der Waals surface area contributed by atoms with Crippen molar-refractivity contribution in [2.45, 2.75) is 12.5 Å². The van der Waals surface area contributed by atoms with E-state index < -0.39 is 4.92 Å². The summed E-state index contributed by atoms with van der Waals surface area (Å²) in [7, 11) is 0. The zero-order valence-corrected chi connectivity index (χ0v) is 11.0. The number of nitrogens with zero attached hydrogens (tertiary/aromatic N) is 1. The molecule has 0 aromatic heterocycles. The van der Waals surface area contributed by atoms with E-state index in [1.807, 2.05) is 0 Å². The first kappa shape index (κ1) is 13.0. The Bertz CT molecular complexity index is 486. The minimum atomic E-state index is -0.528. The second-order valence-corrected chi connectivity index (χ2v) is 4.72. The summed E-state index contributed by atoms with van der Waals surface area (Å²) in [4.78, 5) is 22.2. The van der Waals surface area contributed by atoms with Gasteiger partial charge in [0.2, 0.25) is 0 Å². The molecule has 1 heterocycles. The van der Waals surface area contributed by atoms with Crippen molar-refractivity contribution in [1.29, 1.82) is 0 Å². The summed E-state index contributed by atoms with van der Waals surface area (Å²) < 4.78 is 5.35. The number of hydrogen-bond donors (Lipinski definition) is 1. The average molecular weight is 315 g/mol. The number of rotatable bonds is 3. The van der Waals surface area contributed by atoms with E-state index in [0.29, 0.717) is 13.2 Å². The quantitative estimate of drug-likeness (QED) is 0.682. The van der Waals surface area contributed by atoms with Crippen molar-refractivity contribution in [1.82, 2.24) is 5.32 Å². The molecule has 6 nitrogen and oxygen atoms in total. The van der Waals surface area contributed by atoms with Crippen molar-refractivity contribution >= 4 is 27.5 Å². The maximum absolute atomic E-state index is 12.0. The van der Waals surface area contributed by atoms with Gasteiger partial charge in [-0.3, -0.25) is 14.9 Å². The van der Waals surface area contributed by atoms with Gasteiger partial charge in [-0.05, 0) is 28.4 Å². The van der Waals surface area contributed by atoms with Gasteiger partial charge in [0.05, 0.1) is 23.1 Å². The molecule has 1 aliphatic rings. The number of carbonyl (C=O) groups is 1. The van der Waals surface area contributed by atoms with E-state index in [9.17, 15) is 14.9 Å². The fourth-order valence-electron chi connectivity index (χ4n) is 1.75. The van der Waals surface area contributed by atoms with Gasteiger partial charge in [0.1, 0.15) is 4.47 Å². The molecule has 0 radical (unpaired) electrons. The maximum atomic E-state index is 12.0. The summed E-state index contributed by atoms with van der Waals surface area (Å²) in [6.07, 6.45) is 0.762. The molecule has 1 aromatic rings. The van der Waals surface area contributed by atoms with Crippen LogP contribution in [0, 0.1) is 10.1 Å². The van der Waals surface area contributed by atoms with Crippen molar-refractivity contribution in [3.63, 3.8) is 0 Å². The zero-order chi connectivity index (χ0) is 13.1. The standard InChI is InChI=1S/C11H11BrN2O4/c12-10-8(2-1-3-9(10)14(16)17)11(15)13-7-4-5-18-6-7/h1-3,7H,4-6H2,(H,13,15). The number of hydrogen-bond acceptors (Lipinski definition) is 4. The van der Waals surface area contributed by atoms with Crippen LogP contribution in [0.5, 0.6) is 0 Å². The molecule has 1 N–H and O–H groups in total. The van der Waals surface area contributed by atoms with E-state index in [4.69, 9.17) is 4.74 Å². The highest BCUT2D eigenvalue weighted by molar-refractivity contribution is 9.10. The van der Waals surface area contributed by atoms with E-state index in [0.717, 1.165) is 6.42 Å². The molecule has 0 saturated carbocycles. The second-order valence-electron chi connectivity index (χ2n) is 3.93. The van der Waals surface area contributed by atoms with E-state index >= 15 is 0 Å². The molecular formula is C11H11BrN2O4. The monoisotopic (exact) mass is 314 g/mol. The summed E-state index contributed by atoms with van der Waals surface area (Å²) in [5, 5.41) is 13.6. The summed E-state index contributed by atoms with van der Waals surface area (Å²) in [6, 6.07) is 4.36. The van der Waals surface area contributed by atoms with Crippen LogP contribution in [-0.4, -0.2) is 30.1 Å². The number of nitro groups is 1. The summed E-state index contributed by atoms with van der Waals surface area (Å²) in [5.41, 5.74) is 0.140. The van der Waals surface area contributed by atoms with Gasteiger partial charge in [-0.25, -0.2) is 0 Å². The first-order valence-corrected chi connectivity index (χ1v) is 6.20. The minimum Gasteiger partial charge on any atom is -0.379 e. The van der Waals surface area contributed by atoms with Crippen molar-refractivity contribution in [3.05, 3.63) is 38.3 Å². The van der Waals surface area contributed by atoms with Gasteiger partial charge in [0.15, 0.2) is 0 Å². The van der Waals surface area contributed by atoms with Crippen LogP contribution in [0.3, 0.4) is 0 Å². The van der Waals surface area contributed by atoms with Crippen LogP contribution >= 0.6 is 15.9 Å². The summed E-state index contributed by atoms with van der Waals surface area (Å²) in [5.74, 6) is -0.332. The van der Waals surface area contributed by atoms with E-state index in [1.165, 1.54) is 12.1 Å². The molecule has 96 valence electrons. The van der Waals surface area contributed by atoms with Crippen LogP contribution < -0.4 is 5.32 Å². The molecule has 0 bridgehead atoms. The third-order valence-electron chi connectivity index (χ3n) is 2.68. The molecule has 1 unspecified atom stereocenters. The van der Waals surface area contributed by atoms with E-state index in [1.54, 1.807) is 6.07 Å². The molecule has 1 fully saturated rings. The normalized spacial score (nSPS) is 18.6. The predicted molar refractivity (Wildman–Crippen MR) is 67.5 cm³/mol. The Balaban J connectivity index is 2.19. The Morgan fingerprint density at radius 3 is 2.94 bits per heavy atom. The fraction of sp³-hybridized carbons (Fsp3) is 0.364. The highest BCUT2D eigenvalue weighted by atomic mass is 79.9. The van der Waals surface area contributed by atoms with Crippen LogP contribution in [0.2, 0.25) is 0 Å². The molecule has 1 atom stereocenters. The van der Waals surface area contributed by atoms with Gasteiger partial charge in [0, 0.05) is 12.7 Å². The van der Waals surface area contributed by atoms with E-state index in [-0.39, 0.29) is 27.7 Å². The Labute approximate surface area is 112 Å². The first-order chi connectivity index (χ1) is 8.59. The van der Waals surface area contributed by atoms with Crippen molar-refractivity contribution in [3.8, 4) is 0 Å². The maximum Gasteiger partial charge on any atom is 0.284 e. The lowest BCUT2D eigenvalue weighted by Gasteiger charge is -2.11. The molecule has 1 aromatic carbocycles. The average Bonchev–Trinajstić information content (AvgIpc) is 2.81. The topological polar surface area (TPSA) is 81.5 Å². The first-order valence-electron chi connectivity index (χ1n) is 5.41. The van der Waals surface area contributed by atoms with Crippen molar-refractivity contribution in [2.24, 2.45) is 0 Å². The van der Waals surface area contributed by atoms with Gasteiger partial charge in [-0.15, -0.1) is 0 Å². The zero-order valence-electron chi connectivity index (χ0n) is 9.39. The number of halogens is 1. The Hall–Kier alpha value is -1.47. The molecule has 1 saturated heterocycles. The van der Waals surface area contributed by atoms with Crippen LogP contribution in [0.25, 0.3) is 0 Å². The lowest BCUT2D eigenvalue weighted by Crippen LogP contribution is -2.35. The fourth-order valence-corrected chi connectivity index (χ4v) is 2.34. The number of nitro benzene ring substituents is 1. The largest absolute Gasteiger partial charge is 0.379 e. The number of ether oxygens (including phenoxy) is 1. The van der Waals surface area contributed by atoms with Crippen LogP contribution in [0.15, 0.2) is 22.7 Å². The van der Waals surface area contributed by atoms with E-state index in [2.05, 4.69) is 21.2 Å². The lowest BCUT2D eigenvalue weighted by atomic mass is 10.1. The van der Waals surface area contributed by atoms with Gasteiger partial charge >= 0.3 is 0 Å².